The normalized spacial score (nSPS) is 18.3. The summed E-state index contributed by atoms with van der Waals surface area (Å²) in [5.74, 6) is 1.12. The Morgan fingerprint density at radius 2 is 2.46 bits per heavy atom. The number of imidazole rings is 1. The molecule has 1 unspecified atom stereocenters. The summed E-state index contributed by atoms with van der Waals surface area (Å²) in [6.45, 7) is 1.01. The molecule has 4 heteroatoms. The minimum atomic E-state index is -0.321. The number of hydrogen-bond acceptors (Lipinski definition) is 3. The molecule has 1 atom stereocenters. The summed E-state index contributed by atoms with van der Waals surface area (Å²) in [7, 11) is 0. The van der Waals surface area contributed by atoms with Crippen molar-refractivity contribution in [3.8, 4) is 0 Å². The Balaban J connectivity index is 2.25. The topological polar surface area (TPSA) is 64.1 Å². The summed E-state index contributed by atoms with van der Waals surface area (Å²) in [5.41, 5.74) is 6.50. The molecule has 4 nitrogen and oxygen atoms in total. The number of nitrogens with two attached hydrogens (primary N) is 1. The van der Waals surface area contributed by atoms with Crippen molar-refractivity contribution in [2.45, 2.75) is 31.8 Å². The van der Waals surface area contributed by atoms with Crippen molar-refractivity contribution in [2.24, 2.45) is 5.73 Å². The summed E-state index contributed by atoms with van der Waals surface area (Å²) >= 11 is 0. The number of rotatable bonds is 2. The number of aliphatic hydroxyl groups excluding tert-OH is 1. The van der Waals surface area contributed by atoms with Gasteiger partial charge in [-0.2, -0.15) is 0 Å². The standard InChI is InChI=1S/C9H15N3O/c10-7(6-13)8-5-12-4-2-1-3-9(12)11-8/h5,7,13H,1-4,6,10H2. The number of aliphatic hydroxyl groups is 1. The zero-order chi connectivity index (χ0) is 9.26. The minimum Gasteiger partial charge on any atom is -0.394 e. The van der Waals surface area contributed by atoms with Gasteiger partial charge in [-0.1, -0.05) is 0 Å². The Morgan fingerprint density at radius 1 is 1.62 bits per heavy atom. The zero-order valence-corrected chi connectivity index (χ0v) is 7.61. The largest absolute Gasteiger partial charge is 0.394 e. The third kappa shape index (κ3) is 1.59. The molecule has 0 spiro atoms. The summed E-state index contributed by atoms with van der Waals surface area (Å²) in [6.07, 6.45) is 5.44. The van der Waals surface area contributed by atoms with E-state index < -0.39 is 0 Å². The number of nitrogens with zero attached hydrogens (tertiary/aromatic N) is 2. The molecule has 1 aliphatic rings. The molecular formula is C9H15N3O. The van der Waals surface area contributed by atoms with Crippen molar-refractivity contribution in [3.05, 3.63) is 17.7 Å². The first-order valence-corrected chi connectivity index (χ1v) is 4.73. The van der Waals surface area contributed by atoms with E-state index >= 15 is 0 Å². The second-order valence-corrected chi connectivity index (χ2v) is 3.52. The van der Waals surface area contributed by atoms with Crippen LogP contribution in [0.3, 0.4) is 0 Å². The van der Waals surface area contributed by atoms with Gasteiger partial charge in [0, 0.05) is 19.2 Å². The van der Waals surface area contributed by atoms with Crippen LogP contribution >= 0.6 is 0 Å². The molecule has 1 aromatic rings. The monoisotopic (exact) mass is 181 g/mol. The van der Waals surface area contributed by atoms with Gasteiger partial charge in [0.05, 0.1) is 18.3 Å². The van der Waals surface area contributed by atoms with Crippen LogP contribution in [0.2, 0.25) is 0 Å². The molecule has 0 bridgehead atoms. The lowest BCUT2D eigenvalue weighted by atomic mass is 10.2. The highest BCUT2D eigenvalue weighted by Crippen LogP contribution is 2.17. The fourth-order valence-corrected chi connectivity index (χ4v) is 1.71. The summed E-state index contributed by atoms with van der Waals surface area (Å²) in [4.78, 5) is 4.40. The molecule has 0 amide bonds. The van der Waals surface area contributed by atoms with Gasteiger partial charge in [0.2, 0.25) is 0 Å². The van der Waals surface area contributed by atoms with E-state index in [0.717, 1.165) is 24.5 Å². The van der Waals surface area contributed by atoms with Crippen LogP contribution in [0.1, 0.15) is 30.4 Å². The molecule has 13 heavy (non-hydrogen) atoms. The molecule has 0 radical (unpaired) electrons. The van der Waals surface area contributed by atoms with Gasteiger partial charge >= 0.3 is 0 Å². The maximum atomic E-state index is 8.88. The average molecular weight is 181 g/mol. The number of hydrogen-bond donors (Lipinski definition) is 2. The van der Waals surface area contributed by atoms with E-state index in [1.54, 1.807) is 0 Å². The van der Waals surface area contributed by atoms with Gasteiger partial charge in [-0.05, 0) is 12.8 Å². The van der Waals surface area contributed by atoms with E-state index in [1.807, 2.05) is 6.20 Å². The number of fused-ring (bicyclic) bond motifs is 1. The predicted octanol–water partition coefficient (Wildman–Crippen LogP) is 0.211. The van der Waals surface area contributed by atoms with Gasteiger partial charge in [0.1, 0.15) is 5.82 Å². The molecule has 2 heterocycles. The van der Waals surface area contributed by atoms with Gasteiger partial charge in [0.15, 0.2) is 0 Å². The van der Waals surface area contributed by atoms with Crippen molar-refractivity contribution in [3.63, 3.8) is 0 Å². The zero-order valence-electron chi connectivity index (χ0n) is 7.61. The maximum Gasteiger partial charge on any atom is 0.109 e. The van der Waals surface area contributed by atoms with E-state index in [9.17, 15) is 0 Å². The summed E-state index contributed by atoms with van der Waals surface area (Å²) < 4.78 is 2.15. The average Bonchev–Trinajstić information content (AvgIpc) is 2.59. The Labute approximate surface area is 77.4 Å². The summed E-state index contributed by atoms with van der Waals surface area (Å²) in [6, 6.07) is -0.321. The third-order valence-corrected chi connectivity index (χ3v) is 2.50. The van der Waals surface area contributed by atoms with E-state index in [1.165, 1.54) is 12.8 Å². The first kappa shape index (κ1) is 8.72. The van der Waals surface area contributed by atoms with E-state index in [-0.39, 0.29) is 12.6 Å². The first-order valence-electron chi connectivity index (χ1n) is 4.73. The maximum absolute atomic E-state index is 8.88. The van der Waals surface area contributed by atoms with Gasteiger partial charge in [-0.15, -0.1) is 0 Å². The van der Waals surface area contributed by atoms with E-state index in [4.69, 9.17) is 10.8 Å². The van der Waals surface area contributed by atoms with Crippen LogP contribution in [0.5, 0.6) is 0 Å². The molecule has 0 fully saturated rings. The molecule has 0 saturated heterocycles. The fraction of sp³-hybridized carbons (Fsp3) is 0.667. The lowest BCUT2D eigenvalue weighted by molar-refractivity contribution is 0.266. The molecule has 2 rings (SSSR count). The van der Waals surface area contributed by atoms with Crippen molar-refractivity contribution in [2.75, 3.05) is 6.61 Å². The van der Waals surface area contributed by atoms with E-state index in [2.05, 4.69) is 9.55 Å². The fourth-order valence-electron chi connectivity index (χ4n) is 1.71. The van der Waals surface area contributed by atoms with Crippen LogP contribution in [-0.2, 0) is 13.0 Å². The second kappa shape index (κ2) is 3.47. The van der Waals surface area contributed by atoms with Gasteiger partial charge < -0.3 is 15.4 Å². The predicted molar refractivity (Wildman–Crippen MR) is 49.2 cm³/mol. The lowest BCUT2D eigenvalue weighted by Crippen LogP contribution is -2.14. The minimum absolute atomic E-state index is 0.0313. The molecule has 1 aromatic heterocycles. The van der Waals surface area contributed by atoms with Gasteiger partial charge in [-0.25, -0.2) is 4.98 Å². The summed E-state index contributed by atoms with van der Waals surface area (Å²) in [5, 5.41) is 8.88. The number of aryl methyl sites for hydroxylation is 2. The smallest absolute Gasteiger partial charge is 0.109 e. The Hall–Kier alpha value is -0.870. The molecular weight excluding hydrogens is 166 g/mol. The van der Waals surface area contributed by atoms with Crippen molar-refractivity contribution in [1.29, 1.82) is 0 Å². The van der Waals surface area contributed by atoms with Crippen LogP contribution in [0.4, 0.5) is 0 Å². The Kier molecular flexibility index (Phi) is 2.33. The van der Waals surface area contributed by atoms with Crippen LogP contribution in [-0.4, -0.2) is 21.3 Å². The van der Waals surface area contributed by atoms with Gasteiger partial charge in [-0.3, -0.25) is 0 Å². The SMILES string of the molecule is NC(CO)c1cn2c(n1)CCCC2. The quantitative estimate of drug-likeness (QED) is 0.685. The highest BCUT2D eigenvalue weighted by Gasteiger charge is 2.15. The molecule has 0 saturated carbocycles. The van der Waals surface area contributed by atoms with Gasteiger partial charge in [0.25, 0.3) is 0 Å². The molecule has 3 N–H and O–H groups in total. The first-order chi connectivity index (χ1) is 6.31. The number of aromatic nitrogens is 2. The molecule has 0 aromatic carbocycles. The van der Waals surface area contributed by atoms with Crippen molar-refractivity contribution < 1.29 is 5.11 Å². The highest BCUT2D eigenvalue weighted by molar-refractivity contribution is 5.09. The highest BCUT2D eigenvalue weighted by atomic mass is 16.3. The van der Waals surface area contributed by atoms with Crippen molar-refractivity contribution in [1.82, 2.24) is 9.55 Å². The van der Waals surface area contributed by atoms with Crippen LogP contribution in [0, 0.1) is 0 Å². The second-order valence-electron chi connectivity index (χ2n) is 3.52. The molecule has 1 aliphatic heterocycles. The molecule has 72 valence electrons. The van der Waals surface area contributed by atoms with Crippen LogP contribution in [0.25, 0.3) is 0 Å². The lowest BCUT2D eigenvalue weighted by Gasteiger charge is -2.11. The molecule has 0 aliphatic carbocycles. The van der Waals surface area contributed by atoms with Crippen LogP contribution < -0.4 is 5.73 Å². The van der Waals surface area contributed by atoms with Crippen LogP contribution in [0.15, 0.2) is 6.20 Å². The van der Waals surface area contributed by atoms with E-state index in [0.29, 0.717) is 0 Å². The Bertz CT molecular complexity index is 272. The Morgan fingerprint density at radius 3 is 3.15 bits per heavy atom. The van der Waals surface area contributed by atoms with Crippen molar-refractivity contribution >= 4 is 0 Å². The third-order valence-electron chi connectivity index (χ3n) is 2.50.